The van der Waals surface area contributed by atoms with Gasteiger partial charge in [-0.05, 0) is 0 Å². The lowest BCUT2D eigenvalue weighted by molar-refractivity contribution is 0.579. The van der Waals surface area contributed by atoms with E-state index < -0.39 is 9.84 Å². The standard InChI is InChI=1S/C9H14N4O2S/c1-16(14,15)9-7-11-6-8(12-9)13-4-2-10-3-5-13/h6-7,10H,2-5H2,1H3. The second-order valence-corrected chi connectivity index (χ2v) is 5.69. The van der Waals surface area contributed by atoms with Crippen LogP contribution in [0.2, 0.25) is 0 Å². The molecule has 6 nitrogen and oxygen atoms in total. The number of nitrogens with zero attached hydrogens (tertiary/aromatic N) is 3. The van der Waals surface area contributed by atoms with E-state index in [4.69, 9.17) is 0 Å². The zero-order valence-electron chi connectivity index (χ0n) is 9.05. The lowest BCUT2D eigenvalue weighted by Crippen LogP contribution is -2.44. The summed E-state index contributed by atoms with van der Waals surface area (Å²) in [5.41, 5.74) is 0. The largest absolute Gasteiger partial charge is 0.353 e. The average Bonchev–Trinajstić information content (AvgIpc) is 2.29. The Morgan fingerprint density at radius 3 is 2.62 bits per heavy atom. The maximum Gasteiger partial charge on any atom is 0.194 e. The third kappa shape index (κ3) is 2.48. The molecule has 0 aromatic carbocycles. The van der Waals surface area contributed by atoms with Gasteiger partial charge < -0.3 is 10.2 Å². The lowest BCUT2D eigenvalue weighted by Gasteiger charge is -2.28. The Bertz CT molecular complexity index is 468. The molecule has 88 valence electrons. The number of anilines is 1. The summed E-state index contributed by atoms with van der Waals surface area (Å²) in [7, 11) is -3.28. The first-order valence-electron chi connectivity index (χ1n) is 5.05. The second-order valence-electron chi connectivity index (χ2n) is 3.72. The summed E-state index contributed by atoms with van der Waals surface area (Å²) < 4.78 is 22.7. The number of hydrogen-bond acceptors (Lipinski definition) is 6. The number of aromatic nitrogens is 2. The van der Waals surface area contributed by atoms with E-state index in [0.29, 0.717) is 5.82 Å². The van der Waals surface area contributed by atoms with Crippen molar-refractivity contribution in [1.82, 2.24) is 15.3 Å². The monoisotopic (exact) mass is 242 g/mol. The number of hydrogen-bond donors (Lipinski definition) is 1. The highest BCUT2D eigenvalue weighted by molar-refractivity contribution is 7.90. The van der Waals surface area contributed by atoms with Crippen molar-refractivity contribution < 1.29 is 8.42 Å². The molecule has 1 N–H and O–H groups in total. The van der Waals surface area contributed by atoms with Crippen molar-refractivity contribution in [2.24, 2.45) is 0 Å². The highest BCUT2D eigenvalue weighted by atomic mass is 32.2. The zero-order valence-corrected chi connectivity index (χ0v) is 9.87. The summed E-state index contributed by atoms with van der Waals surface area (Å²) >= 11 is 0. The van der Waals surface area contributed by atoms with Crippen molar-refractivity contribution in [2.45, 2.75) is 5.03 Å². The minimum absolute atomic E-state index is 0.0310. The predicted octanol–water partition coefficient (Wildman–Crippen LogP) is -0.710. The van der Waals surface area contributed by atoms with Crippen LogP contribution >= 0.6 is 0 Å². The molecule has 0 unspecified atom stereocenters. The van der Waals surface area contributed by atoms with E-state index >= 15 is 0 Å². The summed E-state index contributed by atoms with van der Waals surface area (Å²) in [4.78, 5) is 10.1. The van der Waals surface area contributed by atoms with Crippen LogP contribution in [0.5, 0.6) is 0 Å². The fourth-order valence-corrected chi connectivity index (χ4v) is 2.07. The van der Waals surface area contributed by atoms with Gasteiger partial charge in [-0.1, -0.05) is 0 Å². The predicted molar refractivity (Wildman–Crippen MR) is 60.2 cm³/mol. The minimum atomic E-state index is -3.28. The lowest BCUT2D eigenvalue weighted by atomic mass is 10.4. The van der Waals surface area contributed by atoms with Crippen LogP contribution in [0.15, 0.2) is 17.4 Å². The first kappa shape index (κ1) is 11.3. The van der Waals surface area contributed by atoms with E-state index in [0.717, 1.165) is 32.4 Å². The molecule has 0 saturated carbocycles. The summed E-state index contributed by atoms with van der Waals surface area (Å²) in [5, 5.41) is 3.25. The third-order valence-corrected chi connectivity index (χ3v) is 3.38. The second kappa shape index (κ2) is 4.34. The quantitative estimate of drug-likeness (QED) is 0.738. The van der Waals surface area contributed by atoms with Crippen LogP contribution in [0.1, 0.15) is 0 Å². The van der Waals surface area contributed by atoms with Gasteiger partial charge in [0.15, 0.2) is 14.9 Å². The van der Waals surface area contributed by atoms with Gasteiger partial charge in [-0.15, -0.1) is 0 Å². The Kier molecular flexibility index (Phi) is 3.06. The van der Waals surface area contributed by atoms with Crippen LogP contribution in [0, 0.1) is 0 Å². The highest BCUT2D eigenvalue weighted by Crippen LogP contribution is 2.12. The summed E-state index contributed by atoms with van der Waals surface area (Å²) in [6.07, 6.45) is 4.01. The van der Waals surface area contributed by atoms with Gasteiger partial charge in [0.25, 0.3) is 0 Å². The van der Waals surface area contributed by atoms with Crippen molar-refractivity contribution in [1.29, 1.82) is 0 Å². The molecule has 1 saturated heterocycles. The maximum absolute atomic E-state index is 11.3. The Balaban J connectivity index is 2.28. The van der Waals surface area contributed by atoms with Crippen molar-refractivity contribution in [2.75, 3.05) is 37.3 Å². The number of sulfone groups is 1. The summed E-state index contributed by atoms with van der Waals surface area (Å²) in [6.45, 7) is 3.40. The third-order valence-electron chi connectivity index (χ3n) is 2.42. The Morgan fingerprint density at radius 2 is 2.00 bits per heavy atom. The number of piperazine rings is 1. The van der Waals surface area contributed by atoms with Gasteiger partial charge in [0.1, 0.15) is 5.82 Å². The van der Waals surface area contributed by atoms with Gasteiger partial charge in [-0.3, -0.25) is 4.98 Å². The maximum atomic E-state index is 11.3. The number of rotatable bonds is 2. The first-order chi connectivity index (χ1) is 7.57. The van der Waals surface area contributed by atoms with Crippen molar-refractivity contribution in [3.63, 3.8) is 0 Å². The van der Waals surface area contributed by atoms with Gasteiger partial charge in [-0.2, -0.15) is 0 Å². The molecule has 0 atom stereocenters. The summed E-state index contributed by atoms with van der Waals surface area (Å²) in [6, 6.07) is 0. The molecule has 0 bridgehead atoms. The van der Waals surface area contributed by atoms with E-state index in [-0.39, 0.29) is 5.03 Å². The molecule has 1 aliphatic heterocycles. The van der Waals surface area contributed by atoms with Crippen LogP contribution < -0.4 is 10.2 Å². The van der Waals surface area contributed by atoms with Crippen molar-refractivity contribution >= 4 is 15.7 Å². The molecule has 7 heteroatoms. The first-order valence-corrected chi connectivity index (χ1v) is 6.94. The van der Waals surface area contributed by atoms with Gasteiger partial charge >= 0.3 is 0 Å². The fraction of sp³-hybridized carbons (Fsp3) is 0.556. The summed E-state index contributed by atoms with van der Waals surface area (Å²) in [5.74, 6) is 0.629. The van der Waals surface area contributed by atoms with Gasteiger partial charge in [0, 0.05) is 32.4 Å². The fourth-order valence-electron chi connectivity index (χ4n) is 1.56. The van der Waals surface area contributed by atoms with Crippen LogP contribution in [0.3, 0.4) is 0 Å². The van der Waals surface area contributed by atoms with Crippen molar-refractivity contribution in [3.8, 4) is 0 Å². The molecule has 0 aliphatic carbocycles. The van der Waals surface area contributed by atoms with Gasteiger partial charge in [-0.25, -0.2) is 13.4 Å². The van der Waals surface area contributed by atoms with E-state index in [2.05, 4.69) is 15.3 Å². The van der Waals surface area contributed by atoms with Crippen LogP contribution in [0.25, 0.3) is 0 Å². The molecule has 2 rings (SSSR count). The van der Waals surface area contributed by atoms with E-state index in [1.54, 1.807) is 6.20 Å². The highest BCUT2D eigenvalue weighted by Gasteiger charge is 2.15. The Labute approximate surface area is 94.6 Å². The van der Waals surface area contributed by atoms with Crippen molar-refractivity contribution in [3.05, 3.63) is 12.4 Å². The Morgan fingerprint density at radius 1 is 1.31 bits per heavy atom. The molecule has 16 heavy (non-hydrogen) atoms. The Hall–Kier alpha value is -1.21. The molecule has 1 aliphatic rings. The topological polar surface area (TPSA) is 75.2 Å². The van der Waals surface area contributed by atoms with E-state index in [1.807, 2.05) is 4.90 Å². The molecule has 2 heterocycles. The molecule has 1 aromatic heterocycles. The zero-order chi connectivity index (χ0) is 11.6. The van der Waals surface area contributed by atoms with Gasteiger partial charge in [0.05, 0.1) is 12.4 Å². The van der Waals surface area contributed by atoms with Gasteiger partial charge in [0.2, 0.25) is 0 Å². The molecule has 0 radical (unpaired) electrons. The van der Waals surface area contributed by atoms with E-state index in [9.17, 15) is 8.42 Å². The SMILES string of the molecule is CS(=O)(=O)c1cncc(N2CCNCC2)n1. The molecule has 0 spiro atoms. The molecule has 1 aromatic rings. The molecular formula is C9H14N4O2S. The molecule has 1 fully saturated rings. The normalized spacial score (nSPS) is 17.4. The molecule has 0 amide bonds. The van der Waals surface area contributed by atoms with E-state index in [1.165, 1.54) is 6.20 Å². The minimum Gasteiger partial charge on any atom is -0.353 e. The average molecular weight is 242 g/mol. The smallest absolute Gasteiger partial charge is 0.194 e. The van der Waals surface area contributed by atoms with Crippen LogP contribution in [-0.4, -0.2) is 50.8 Å². The molecular weight excluding hydrogens is 228 g/mol. The van der Waals surface area contributed by atoms with Crippen LogP contribution in [0.4, 0.5) is 5.82 Å². The van der Waals surface area contributed by atoms with Crippen LogP contribution in [-0.2, 0) is 9.84 Å². The number of nitrogens with one attached hydrogen (secondary N) is 1.